The fraction of sp³-hybridized carbons (Fsp3) is 0.800. The van der Waals surface area contributed by atoms with Crippen molar-refractivity contribution in [3.8, 4) is 0 Å². The van der Waals surface area contributed by atoms with Gasteiger partial charge in [0.25, 0.3) is 0 Å². The Kier molecular flexibility index (Phi) is 7.62. The van der Waals surface area contributed by atoms with Crippen LogP contribution in [0.1, 0.15) is 20.8 Å². The van der Waals surface area contributed by atoms with Crippen LogP contribution in [0.5, 0.6) is 0 Å². The normalized spacial score (nSPS) is 10.1. The highest BCUT2D eigenvalue weighted by atomic mass is 16.6. The van der Waals surface area contributed by atoms with Gasteiger partial charge in [-0.25, -0.2) is 9.59 Å². The van der Waals surface area contributed by atoms with Crippen LogP contribution in [0.3, 0.4) is 0 Å². The average molecular weight is 218 g/mol. The minimum atomic E-state index is -0.478. The zero-order valence-electron chi connectivity index (χ0n) is 9.45. The number of rotatable bonds is 7. The van der Waals surface area contributed by atoms with E-state index in [1.807, 2.05) is 13.8 Å². The van der Waals surface area contributed by atoms with Crippen molar-refractivity contribution in [2.45, 2.75) is 20.8 Å². The minimum Gasteiger partial charge on any atom is -0.464 e. The number of ether oxygens (including phenoxy) is 3. The Balaban J connectivity index is 3.42. The Morgan fingerprint density at radius 2 is 1.60 bits per heavy atom. The van der Waals surface area contributed by atoms with Crippen LogP contribution in [0.4, 0.5) is 0 Å². The second-order valence-corrected chi connectivity index (χ2v) is 3.37. The summed E-state index contributed by atoms with van der Waals surface area (Å²) in [5.74, 6) is -0.652. The first-order chi connectivity index (χ1) is 7.06. The topological polar surface area (TPSA) is 61.8 Å². The van der Waals surface area contributed by atoms with Crippen LogP contribution in [-0.2, 0) is 23.8 Å². The van der Waals surface area contributed by atoms with Gasteiger partial charge in [0.15, 0.2) is 0 Å². The third kappa shape index (κ3) is 9.21. The molecule has 0 aromatic heterocycles. The molecule has 0 spiro atoms. The van der Waals surface area contributed by atoms with E-state index in [0.29, 0.717) is 19.1 Å². The summed E-state index contributed by atoms with van der Waals surface area (Å²) in [5.41, 5.74) is 0. The first-order valence-electron chi connectivity index (χ1n) is 4.95. The maximum Gasteiger partial charge on any atom is 0.332 e. The van der Waals surface area contributed by atoms with E-state index in [2.05, 4.69) is 4.74 Å². The standard InChI is InChI=1S/C10H18O5/c1-4-14-9(11)6-13-7-10(12)15-5-8(2)3/h8H,4-7H2,1-3H3. The Hall–Kier alpha value is -1.10. The first-order valence-corrected chi connectivity index (χ1v) is 4.95. The molecule has 88 valence electrons. The number of esters is 2. The molecule has 0 radical (unpaired) electrons. The molecule has 0 aliphatic heterocycles. The van der Waals surface area contributed by atoms with E-state index in [1.165, 1.54) is 0 Å². The molecule has 0 unspecified atom stereocenters. The third-order valence-electron chi connectivity index (χ3n) is 1.32. The van der Waals surface area contributed by atoms with E-state index in [0.717, 1.165) is 0 Å². The van der Waals surface area contributed by atoms with Crippen LogP contribution in [-0.4, -0.2) is 38.4 Å². The summed E-state index contributed by atoms with van der Waals surface area (Å²) in [6.07, 6.45) is 0. The summed E-state index contributed by atoms with van der Waals surface area (Å²) in [6.45, 7) is 5.81. The second kappa shape index (κ2) is 8.23. The van der Waals surface area contributed by atoms with Crippen molar-refractivity contribution in [2.75, 3.05) is 26.4 Å². The molecule has 0 saturated heterocycles. The summed E-state index contributed by atoms with van der Waals surface area (Å²) in [5, 5.41) is 0. The quantitative estimate of drug-likeness (QED) is 0.590. The van der Waals surface area contributed by atoms with Crippen LogP contribution in [0.15, 0.2) is 0 Å². The number of carbonyl (C=O) groups excluding carboxylic acids is 2. The van der Waals surface area contributed by atoms with E-state index < -0.39 is 11.9 Å². The lowest BCUT2D eigenvalue weighted by molar-refractivity contribution is -0.155. The van der Waals surface area contributed by atoms with Crippen LogP contribution in [0.25, 0.3) is 0 Å². The Morgan fingerprint density at radius 3 is 2.07 bits per heavy atom. The van der Waals surface area contributed by atoms with Gasteiger partial charge in [0.05, 0.1) is 13.2 Å². The van der Waals surface area contributed by atoms with Crippen LogP contribution in [0, 0.1) is 5.92 Å². The summed E-state index contributed by atoms with van der Waals surface area (Å²) in [6, 6.07) is 0. The summed E-state index contributed by atoms with van der Waals surface area (Å²) < 4.78 is 14.2. The van der Waals surface area contributed by atoms with Gasteiger partial charge in [0, 0.05) is 0 Å². The van der Waals surface area contributed by atoms with Crippen LogP contribution in [0.2, 0.25) is 0 Å². The van der Waals surface area contributed by atoms with E-state index in [4.69, 9.17) is 9.47 Å². The Bertz CT molecular complexity index is 200. The van der Waals surface area contributed by atoms with E-state index in [-0.39, 0.29) is 13.2 Å². The molecule has 5 nitrogen and oxygen atoms in total. The monoisotopic (exact) mass is 218 g/mol. The van der Waals surface area contributed by atoms with Crippen molar-refractivity contribution in [2.24, 2.45) is 5.92 Å². The Morgan fingerprint density at radius 1 is 1.07 bits per heavy atom. The summed E-state index contributed by atoms with van der Waals surface area (Å²) in [7, 11) is 0. The molecule has 0 bridgehead atoms. The Labute approximate surface area is 89.7 Å². The highest BCUT2D eigenvalue weighted by Gasteiger charge is 2.07. The highest BCUT2D eigenvalue weighted by molar-refractivity contribution is 5.73. The predicted molar refractivity (Wildman–Crippen MR) is 53.2 cm³/mol. The van der Waals surface area contributed by atoms with Gasteiger partial charge < -0.3 is 14.2 Å². The van der Waals surface area contributed by atoms with E-state index in [1.54, 1.807) is 6.92 Å². The van der Waals surface area contributed by atoms with Gasteiger partial charge >= 0.3 is 11.9 Å². The maximum absolute atomic E-state index is 11.0. The molecule has 0 saturated carbocycles. The van der Waals surface area contributed by atoms with Gasteiger partial charge in [-0.05, 0) is 12.8 Å². The fourth-order valence-corrected chi connectivity index (χ4v) is 0.722. The zero-order valence-corrected chi connectivity index (χ0v) is 9.45. The predicted octanol–water partition coefficient (Wildman–Crippen LogP) is 0.765. The molecule has 0 atom stereocenters. The minimum absolute atomic E-state index is 0.217. The molecule has 0 aromatic carbocycles. The zero-order chi connectivity index (χ0) is 11.7. The summed E-state index contributed by atoms with van der Waals surface area (Å²) in [4.78, 5) is 21.8. The van der Waals surface area contributed by atoms with Gasteiger partial charge in [-0.1, -0.05) is 13.8 Å². The molecular formula is C10H18O5. The first kappa shape index (κ1) is 13.9. The SMILES string of the molecule is CCOC(=O)COCC(=O)OCC(C)C. The molecule has 0 aromatic rings. The van der Waals surface area contributed by atoms with Gasteiger partial charge in [-0.15, -0.1) is 0 Å². The highest BCUT2D eigenvalue weighted by Crippen LogP contribution is 1.93. The van der Waals surface area contributed by atoms with Crippen molar-refractivity contribution in [3.63, 3.8) is 0 Å². The molecule has 5 heteroatoms. The third-order valence-corrected chi connectivity index (χ3v) is 1.32. The van der Waals surface area contributed by atoms with E-state index in [9.17, 15) is 9.59 Å². The molecule has 0 aliphatic carbocycles. The second-order valence-electron chi connectivity index (χ2n) is 3.37. The van der Waals surface area contributed by atoms with Crippen molar-refractivity contribution in [1.82, 2.24) is 0 Å². The summed E-state index contributed by atoms with van der Waals surface area (Å²) >= 11 is 0. The molecule has 0 heterocycles. The lowest BCUT2D eigenvalue weighted by Crippen LogP contribution is -2.19. The molecule has 0 fully saturated rings. The lowest BCUT2D eigenvalue weighted by Gasteiger charge is -2.07. The lowest BCUT2D eigenvalue weighted by atomic mass is 10.2. The number of carbonyl (C=O) groups is 2. The van der Waals surface area contributed by atoms with Gasteiger partial charge in [0.2, 0.25) is 0 Å². The molecule has 0 rings (SSSR count). The smallest absolute Gasteiger partial charge is 0.332 e. The van der Waals surface area contributed by atoms with E-state index >= 15 is 0 Å². The van der Waals surface area contributed by atoms with Crippen LogP contribution < -0.4 is 0 Å². The van der Waals surface area contributed by atoms with Crippen LogP contribution >= 0.6 is 0 Å². The van der Waals surface area contributed by atoms with Gasteiger partial charge in [-0.3, -0.25) is 0 Å². The average Bonchev–Trinajstić information content (AvgIpc) is 2.15. The molecular weight excluding hydrogens is 200 g/mol. The maximum atomic E-state index is 11.0. The number of hydrogen-bond acceptors (Lipinski definition) is 5. The van der Waals surface area contributed by atoms with Gasteiger partial charge in [0.1, 0.15) is 13.2 Å². The number of hydrogen-bond donors (Lipinski definition) is 0. The largest absolute Gasteiger partial charge is 0.464 e. The van der Waals surface area contributed by atoms with Crippen molar-refractivity contribution in [1.29, 1.82) is 0 Å². The van der Waals surface area contributed by atoms with Crippen molar-refractivity contribution in [3.05, 3.63) is 0 Å². The van der Waals surface area contributed by atoms with Crippen molar-refractivity contribution >= 4 is 11.9 Å². The molecule has 0 aliphatic rings. The molecule has 15 heavy (non-hydrogen) atoms. The molecule has 0 amide bonds. The van der Waals surface area contributed by atoms with Crippen molar-refractivity contribution < 1.29 is 23.8 Å². The molecule has 0 N–H and O–H groups in total. The van der Waals surface area contributed by atoms with Gasteiger partial charge in [-0.2, -0.15) is 0 Å². The fourth-order valence-electron chi connectivity index (χ4n) is 0.722.